The third-order valence-electron chi connectivity index (χ3n) is 2.49. The van der Waals surface area contributed by atoms with Gasteiger partial charge in [-0.25, -0.2) is 9.07 Å². The summed E-state index contributed by atoms with van der Waals surface area (Å²) >= 11 is 0. The maximum atomic E-state index is 13.1. The summed E-state index contributed by atoms with van der Waals surface area (Å²) in [6.07, 6.45) is 5.24. The molecule has 0 aliphatic heterocycles. The Hall–Kier alpha value is -1.82. The van der Waals surface area contributed by atoms with Crippen LogP contribution in [0.3, 0.4) is 0 Å². The SMILES string of the molecule is CCCn1nncc1C(N)c1cncc(F)c1. The van der Waals surface area contributed by atoms with E-state index in [1.807, 2.05) is 6.92 Å². The van der Waals surface area contributed by atoms with E-state index in [4.69, 9.17) is 5.73 Å². The number of hydrogen-bond donors (Lipinski definition) is 1. The molecule has 0 aromatic carbocycles. The van der Waals surface area contributed by atoms with Gasteiger partial charge >= 0.3 is 0 Å². The molecule has 2 rings (SSSR count). The lowest BCUT2D eigenvalue weighted by atomic mass is 10.1. The topological polar surface area (TPSA) is 69.6 Å². The zero-order valence-electron chi connectivity index (χ0n) is 9.55. The van der Waals surface area contributed by atoms with E-state index in [1.165, 1.54) is 6.07 Å². The molecule has 0 saturated carbocycles. The van der Waals surface area contributed by atoms with E-state index in [1.54, 1.807) is 17.1 Å². The smallest absolute Gasteiger partial charge is 0.141 e. The first-order valence-corrected chi connectivity index (χ1v) is 5.46. The molecule has 1 atom stereocenters. The van der Waals surface area contributed by atoms with E-state index < -0.39 is 11.9 Å². The summed E-state index contributed by atoms with van der Waals surface area (Å²) in [5.74, 6) is -0.396. The molecule has 2 heterocycles. The van der Waals surface area contributed by atoms with Crippen LogP contribution in [0.25, 0.3) is 0 Å². The van der Waals surface area contributed by atoms with Gasteiger partial charge in [-0.05, 0) is 18.1 Å². The van der Waals surface area contributed by atoms with Crippen molar-refractivity contribution in [1.82, 2.24) is 20.0 Å². The minimum absolute atomic E-state index is 0.396. The highest BCUT2D eigenvalue weighted by atomic mass is 19.1. The molecule has 2 N–H and O–H groups in total. The second-order valence-corrected chi connectivity index (χ2v) is 3.80. The van der Waals surface area contributed by atoms with Gasteiger partial charge in [0.15, 0.2) is 0 Å². The van der Waals surface area contributed by atoms with Crippen molar-refractivity contribution in [3.8, 4) is 0 Å². The molecule has 6 heteroatoms. The van der Waals surface area contributed by atoms with Crippen LogP contribution >= 0.6 is 0 Å². The Morgan fingerprint density at radius 1 is 1.41 bits per heavy atom. The van der Waals surface area contributed by atoms with E-state index in [-0.39, 0.29) is 0 Å². The Kier molecular flexibility index (Phi) is 3.43. The second kappa shape index (κ2) is 5.01. The van der Waals surface area contributed by atoms with Crippen LogP contribution in [-0.2, 0) is 6.54 Å². The third kappa shape index (κ3) is 2.47. The van der Waals surface area contributed by atoms with E-state index >= 15 is 0 Å². The van der Waals surface area contributed by atoms with Gasteiger partial charge in [-0.2, -0.15) is 0 Å². The Bertz CT molecular complexity index is 496. The monoisotopic (exact) mass is 235 g/mol. The van der Waals surface area contributed by atoms with Crippen molar-refractivity contribution in [3.63, 3.8) is 0 Å². The number of nitrogens with two attached hydrogens (primary N) is 1. The van der Waals surface area contributed by atoms with Crippen LogP contribution in [0.5, 0.6) is 0 Å². The first kappa shape index (κ1) is 11.7. The van der Waals surface area contributed by atoms with Gasteiger partial charge in [0.05, 0.1) is 24.1 Å². The zero-order chi connectivity index (χ0) is 12.3. The summed E-state index contributed by atoms with van der Waals surface area (Å²) in [5, 5.41) is 7.78. The largest absolute Gasteiger partial charge is 0.319 e. The fourth-order valence-corrected chi connectivity index (χ4v) is 1.66. The molecule has 5 nitrogen and oxygen atoms in total. The molecule has 0 aliphatic carbocycles. The molecular weight excluding hydrogens is 221 g/mol. The molecule has 1 unspecified atom stereocenters. The summed E-state index contributed by atoms with van der Waals surface area (Å²) in [6.45, 7) is 2.78. The standard InChI is InChI=1S/C11H14FN5/c1-2-3-17-10(7-15-16-17)11(13)8-4-9(12)6-14-5-8/h4-7,11H,2-3,13H2,1H3. The minimum Gasteiger partial charge on any atom is -0.319 e. The number of nitrogens with zero attached hydrogens (tertiary/aromatic N) is 4. The van der Waals surface area contributed by atoms with E-state index in [0.717, 1.165) is 24.9 Å². The highest BCUT2D eigenvalue weighted by Crippen LogP contribution is 2.18. The van der Waals surface area contributed by atoms with Crippen molar-refractivity contribution >= 4 is 0 Å². The average Bonchev–Trinajstić information content (AvgIpc) is 2.77. The predicted octanol–water partition coefficient (Wildman–Crippen LogP) is 1.27. The maximum absolute atomic E-state index is 13.1. The van der Waals surface area contributed by atoms with Crippen molar-refractivity contribution in [2.24, 2.45) is 5.73 Å². The van der Waals surface area contributed by atoms with Crippen LogP contribution in [0.4, 0.5) is 4.39 Å². The lowest BCUT2D eigenvalue weighted by Crippen LogP contribution is -2.18. The molecule has 0 amide bonds. The number of halogens is 1. The van der Waals surface area contributed by atoms with Crippen LogP contribution in [0.1, 0.15) is 30.6 Å². The van der Waals surface area contributed by atoms with Crippen LogP contribution in [0.15, 0.2) is 24.7 Å². The molecule has 17 heavy (non-hydrogen) atoms. The van der Waals surface area contributed by atoms with Crippen molar-refractivity contribution in [1.29, 1.82) is 0 Å². The van der Waals surface area contributed by atoms with Gasteiger partial charge in [-0.1, -0.05) is 12.1 Å². The maximum Gasteiger partial charge on any atom is 0.141 e. The molecule has 2 aromatic heterocycles. The molecule has 0 spiro atoms. The first-order valence-electron chi connectivity index (χ1n) is 5.46. The fourth-order valence-electron chi connectivity index (χ4n) is 1.66. The normalized spacial score (nSPS) is 12.6. The summed E-state index contributed by atoms with van der Waals surface area (Å²) in [4.78, 5) is 3.79. The zero-order valence-corrected chi connectivity index (χ0v) is 9.55. The van der Waals surface area contributed by atoms with Crippen LogP contribution < -0.4 is 5.73 Å². The number of rotatable bonds is 4. The quantitative estimate of drug-likeness (QED) is 0.866. The molecule has 2 aromatic rings. The predicted molar refractivity (Wildman–Crippen MR) is 60.5 cm³/mol. The highest BCUT2D eigenvalue weighted by Gasteiger charge is 2.15. The summed E-state index contributed by atoms with van der Waals surface area (Å²) in [5.41, 5.74) is 7.43. The second-order valence-electron chi connectivity index (χ2n) is 3.80. The highest BCUT2D eigenvalue weighted by molar-refractivity contribution is 5.23. The van der Waals surface area contributed by atoms with Crippen LogP contribution in [0, 0.1) is 5.82 Å². The molecule has 90 valence electrons. The van der Waals surface area contributed by atoms with Crippen LogP contribution in [-0.4, -0.2) is 20.0 Å². The van der Waals surface area contributed by atoms with Crippen LogP contribution in [0.2, 0.25) is 0 Å². The van der Waals surface area contributed by atoms with Gasteiger partial charge in [-0.3, -0.25) is 4.98 Å². The third-order valence-corrected chi connectivity index (χ3v) is 2.49. The van der Waals surface area contributed by atoms with Gasteiger partial charge in [0.2, 0.25) is 0 Å². The summed E-state index contributed by atoms with van der Waals surface area (Å²) < 4.78 is 14.8. The lowest BCUT2D eigenvalue weighted by Gasteiger charge is -2.12. The molecule has 0 bridgehead atoms. The first-order chi connectivity index (χ1) is 8.22. The van der Waals surface area contributed by atoms with Gasteiger partial charge in [0, 0.05) is 12.7 Å². The van der Waals surface area contributed by atoms with Crippen molar-refractivity contribution in [3.05, 3.63) is 41.7 Å². The molecule has 0 aliphatic rings. The minimum atomic E-state index is -0.459. The average molecular weight is 235 g/mol. The number of aryl methyl sites for hydroxylation is 1. The molecule has 0 fully saturated rings. The lowest BCUT2D eigenvalue weighted by molar-refractivity contribution is 0.541. The Balaban J connectivity index is 2.30. The van der Waals surface area contributed by atoms with Crippen molar-refractivity contribution < 1.29 is 4.39 Å². The Morgan fingerprint density at radius 2 is 2.24 bits per heavy atom. The van der Waals surface area contributed by atoms with Gasteiger partial charge in [-0.15, -0.1) is 5.10 Å². The summed E-state index contributed by atoms with van der Waals surface area (Å²) in [7, 11) is 0. The number of hydrogen-bond acceptors (Lipinski definition) is 4. The molecule has 0 saturated heterocycles. The Labute approximate surface area is 98.5 Å². The van der Waals surface area contributed by atoms with E-state index in [2.05, 4.69) is 15.3 Å². The van der Waals surface area contributed by atoms with Gasteiger partial charge in [0.25, 0.3) is 0 Å². The summed E-state index contributed by atoms with van der Waals surface area (Å²) in [6, 6.07) is 0.917. The number of pyridine rings is 1. The molecule has 0 radical (unpaired) electrons. The van der Waals surface area contributed by atoms with Crippen molar-refractivity contribution in [2.45, 2.75) is 25.9 Å². The van der Waals surface area contributed by atoms with E-state index in [9.17, 15) is 4.39 Å². The Morgan fingerprint density at radius 3 is 2.94 bits per heavy atom. The number of aromatic nitrogens is 4. The van der Waals surface area contributed by atoms with Crippen molar-refractivity contribution in [2.75, 3.05) is 0 Å². The van der Waals surface area contributed by atoms with E-state index in [0.29, 0.717) is 5.56 Å². The fraction of sp³-hybridized carbons (Fsp3) is 0.364. The van der Waals surface area contributed by atoms with Gasteiger partial charge in [0.1, 0.15) is 5.82 Å². The molecular formula is C11H14FN5. The van der Waals surface area contributed by atoms with Gasteiger partial charge < -0.3 is 5.73 Å².